The monoisotopic (exact) mass is 524 g/mol. The van der Waals surface area contributed by atoms with Crippen molar-refractivity contribution in [1.82, 2.24) is 9.88 Å². The topological polar surface area (TPSA) is 101 Å². The standard InChI is InChI=1S/C33H24N4O3/c34-22-28(33(38)35-23-24-10-4-1-5-11-24)20-27-21-31(25-12-6-2-7-13-25)36(32(27)26-14-8-3-9-15-26)29-16-18-30(19-17-29)37(39)40/h1-21H,23H2,(H,35,38). The molecule has 1 aromatic heterocycles. The minimum Gasteiger partial charge on any atom is -0.347 e. The normalized spacial score (nSPS) is 11.0. The van der Waals surface area contributed by atoms with Crippen LogP contribution in [0.1, 0.15) is 11.1 Å². The summed E-state index contributed by atoms with van der Waals surface area (Å²) in [5.74, 6) is -0.477. The Balaban J connectivity index is 1.68. The summed E-state index contributed by atoms with van der Waals surface area (Å²) in [6.07, 6.45) is 1.59. The molecule has 0 fully saturated rings. The van der Waals surface area contributed by atoms with Crippen LogP contribution >= 0.6 is 0 Å². The predicted molar refractivity (Wildman–Crippen MR) is 155 cm³/mol. The number of carbonyl (C=O) groups excluding carboxylic acids is 1. The molecular weight excluding hydrogens is 500 g/mol. The Labute approximate surface area is 231 Å². The summed E-state index contributed by atoms with van der Waals surface area (Å²) < 4.78 is 2.00. The molecule has 0 radical (unpaired) electrons. The molecule has 1 N–H and O–H groups in total. The maximum Gasteiger partial charge on any atom is 0.269 e. The number of nitrogens with zero attached hydrogens (tertiary/aromatic N) is 3. The van der Waals surface area contributed by atoms with Crippen LogP contribution in [0, 0.1) is 21.4 Å². The van der Waals surface area contributed by atoms with E-state index in [-0.39, 0.29) is 11.3 Å². The number of benzene rings is 4. The Morgan fingerprint density at radius 1 is 0.850 bits per heavy atom. The van der Waals surface area contributed by atoms with Gasteiger partial charge in [0.2, 0.25) is 0 Å². The first kappa shape index (κ1) is 25.9. The zero-order valence-corrected chi connectivity index (χ0v) is 21.4. The van der Waals surface area contributed by atoms with E-state index in [4.69, 9.17) is 0 Å². The molecular formula is C33H24N4O3. The quantitative estimate of drug-likeness (QED) is 0.103. The first-order valence-electron chi connectivity index (χ1n) is 12.6. The van der Waals surface area contributed by atoms with Crippen LogP contribution < -0.4 is 5.32 Å². The molecule has 1 heterocycles. The van der Waals surface area contributed by atoms with Gasteiger partial charge in [0.25, 0.3) is 11.6 Å². The highest BCUT2D eigenvalue weighted by Crippen LogP contribution is 2.37. The third-order valence-corrected chi connectivity index (χ3v) is 6.43. The summed E-state index contributed by atoms with van der Waals surface area (Å²) in [5, 5.41) is 24.1. The van der Waals surface area contributed by atoms with Crippen molar-refractivity contribution in [3.63, 3.8) is 0 Å². The predicted octanol–water partition coefficient (Wildman–Crippen LogP) is 6.94. The van der Waals surface area contributed by atoms with E-state index in [0.717, 1.165) is 28.1 Å². The number of non-ortho nitro benzene ring substituents is 1. The van der Waals surface area contributed by atoms with Gasteiger partial charge >= 0.3 is 0 Å². The van der Waals surface area contributed by atoms with E-state index in [0.29, 0.717) is 17.8 Å². The van der Waals surface area contributed by atoms with Crippen molar-refractivity contribution in [2.24, 2.45) is 0 Å². The van der Waals surface area contributed by atoms with Crippen molar-refractivity contribution in [3.05, 3.63) is 148 Å². The molecule has 0 saturated heterocycles. The van der Waals surface area contributed by atoms with Crippen LogP contribution in [-0.2, 0) is 11.3 Å². The average Bonchev–Trinajstić information content (AvgIpc) is 3.39. The van der Waals surface area contributed by atoms with Gasteiger partial charge < -0.3 is 9.88 Å². The van der Waals surface area contributed by atoms with Crippen LogP contribution in [0.25, 0.3) is 34.3 Å². The van der Waals surface area contributed by atoms with Gasteiger partial charge in [0.1, 0.15) is 11.6 Å². The smallest absolute Gasteiger partial charge is 0.269 e. The summed E-state index contributed by atoms with van der Waals surface area (Å²) in [7, 11) is 0. The van der Waals surface area contributed by atoms with Crippen LogP contribution in [0.4, 0.5) is 5.69 Å². The van der Waals surface area contributed by atoms with Crippen molar-refractivity contribution < 1.29 is 9.72 Å². The van der Waals surface area contributed by atoms with Crippen LogP contribution in [0.2, 0.25) is 0 Å². The molecule has 40 heavy (non-hydrogen) atoms. The van der Waals surface area contributed by atoms with Crippen LogP contribution in [-0.4, -0.2) is 15.4 Å². The molecule has 5 rings (SSSR count). The molecule has 0 aliphatic heterocycles. The van der Waals surface area contributed by atoms with Crippen LogP contribution in [0.3, 0.4) is 0 Å². The summed E-state index contributed by atoms with van der Waals surface area (Å²) in [6.45, 7) is 0.295. The van der Waals surface area contributed by atoms with E-state index in [9.17, 15) is 20.2 Å². The molecule has 0 unspecified atom stereocenters. The lowest BCUT2D eigenvalue weighted by molar-refractivity contribution is -0.384. The number of carbonyl (C=O) groups is 1. The molecule has 4 aromatic carbocycles. The highest BCUT2D eigenvalue weighted by atomic mass is 16.6. The van der Waals surface area contributed by atoms with Gasteiger partial charge in [0.15, 0.2) is 0 Å². The van der Waals surface area contributed by atoms with Crippen molar-refractivity contribution in [2.45, 2.75) is 6.54 Å². The van der Waals surface area contributed by atoms with E-state index in [1.807, 2.05) is 102 Å². The average molecular weight is 525 g/mol. The molecule has 1 amide bonds. The number of hydrogen-bond donors (Lipinski definition) is 1. The lowest BCUT2D eigenvalue weighted by atomic mass is 10.0. The number of nitro benzene ring substituents is 1. The number of aromatic nitrogens is 1. The van der Waals surface area contributed by atoms with E-state index >= 15 is 0 Å². The Morgan fingerprint density at radius 2 is 1.43 bits per heavy atom. The zero-order chi connectivity index (χ0) is 27.9. The van der Waals surface area contributed by atoms with Gasteiger partial charge in [-0.1, -0.05) is 91.0 Å². The van der Waals surface area contributed by atoms with Crippen LogP contribution in [0.15, 0.2) is 127 Å². The van der Waals surface area contributed by atoms with Gasteiger partial charge in [-0.25, -0.2) is 0 Å². The Kier molecular flexibility index (Phi) is 7.61. The largest absolute Gasteiger partial charge is 0.347 e. The fourth-order valence-electron chi connectivity index (χ4n) is 4.52. The molecule has 0 aliphatic carbocycles. The van der Waals surface area contributed by atoms with E-state index in [1.165, 1.54) is 12.1 Å². The maximum absolute atomic E-state index is 13.1. The summed E-state index contributed by atoms with van der Waals surface area (Å²) in [5.41, 5.74) is 5.56. The molecule has 7 heteroatoms. The minimum absolute atomic E-state index is 0.0135. The minimum atomic E-state index is -0.477. The van der Waals surface area contributed by atoms with E-state index < -0.39 is 10.8 Å². The van der Waals surface area contributed by atoms with Gasteiger partial charge in [0.05, 0.1) is 16.3 Å². The third-order valence-electron chi connectivity index (χ3n) is 6.43. The lowest BCUT2D eigenvalue weighted by Crippen LogP contribution is -2.23. The van der Waals surface area contributed by atoms with E-state index in [2.05, 4.69) is 11.4 Å². The maximum atomic E-state index is 13.1. The van der Waals surface area contributed by atoms with Crippen molar-refractivity contribution in [1.29, 1.82) is 5.26 Å². The summed E-state index contributed by atoms with van der Waals surface area (Å²) >= 11 is 0. The second kappa shape index (κ2) is 11.8. The Hall–Kier alpha value is -5.74. The molecule has 7 nitrogen and oxygen atoms in total. The second-order valence-electron chi connectivity index (χ2n) is 9.01. The molecule has 0 saturated carbocycles. The van der Waals surface area contributed by atoms with Gasteiger partial charge in [0, 0.05) is 29.9 Å². The van der Waals surface area contributed by atoms with Crippen molar-refractivity contribution in [2.75, 3.05) is 0 Å². The Bertz CT molecular complexity index is 1720. The summed E-state index contributed by atoms with van der Waals surface area (Å²) in [4.78, 5) is 23.9. The molecule has 5 aromatic rings. The molecule has 0 spiro atoms. The number of amides is 1. The molecule has 194 valence electrons. The number of nitrogens with one attached hydrogen (secondary N) is 1. The van der Waals surface area contributed by atoms with Crippen molar-refractivity contribution >= 4 is 17.7 Å². The molecule has 0 bridgehead atoms. The fraction of sp³-hybridized carbons (Fsp3) is 0.0303. The Morgan fingerprint density at radius 3 is 2.00 bits per heavy atom. The number of nitro groups is 1. The van der Waals surface area contributed by atoms with Crippen LogP contribution in [0.5, 0.6) is 0 Å². The first-order chi connectivity index (χ1) is 19.5. The van der Waals surface area contributed by atoms with Gasteiger partial charge in [-0.2, -0.15) is 5.26 Å². The second-order valence-corrected chi connectivity index (χ2v) is 9.01. The zero-order valence-electron chi connectivity index (χ0n) is 21.4. The lowest BCUT2D eigenvalue weighted by Gasteiger charge is -2.15. The number of hydrogen-bond acceptors (Lipinski definition) is 4. The van der Waals surface area contributed by atoms with E-state index in [1.54, 1.807) is 18.2 Å². The number of nitriles is 1. The van der Waals surface area contributed by atoms with Gasteiger partial charge in [-0.05, 0) is 41.0 Å². The number of rotatable bonds is 8. The molecule has 0 aliphatic rings. The van der Waals surface area contributed by atoms with Gasteiger partial charge in [-0.15, -0.1) is 0 Å². The SMILES string of the molecule is N#CC(=Cc1cc(-c2ccccc2)n(-c2ccc([N+](=O)[O-])cc2)c1-c1ccccc1)C(=O)NCc1ccccc1. The fourth-order valence-corrected chi connectivity index (χ4v) is 4.52. The first-order valence-corrected chi connectivity index (χ1v) is 12.6. The highest BCUT2D eigenvalue weighted by Gasteiger charge is 2.21. The third kappa shape index (κ3) is 5.57. The summed E-state index contributed by atoms with van der Waals surface area (Å²) in [6, 6.07) is 39.2. The molecule has 0 atom stereocenters. The highest BCUT2D eigenvalue weighted by molar-refractivity contribution is 6.03. The van der Waals surface area contributed by atoms with Gasteiger partial charge in [-0.3, -0.25) is 14.9 Å². The van der Waals surface area contributed by atoms with Crippen molar-refractivity contribution in [3.8, 4) is 34.3 Å².